The van der Waals surface area contributed by atoms with Crippen molar-refractivity contribution in [2.45, 2.75) is 10.9 Å². The molecule has 0 fully saturated rings. The molecule has 2 N–H and O–H groups in total. The van der Waals surface area contributed by atoms with Gasteiger partial charge in [-0.2, -0.15) is 9.36 Å². The molecule has 0 unspecified atom stereocenters. The molecule has 1 aliphatic carbocycles. The first kappa shape index (κ1) is 19.2. The molecule has 29 heavy (non-hydrogen) atoms. The molecular formula is C20H16N4O3S2. The topological polar surface area (TPSA) is 99.6 Å². The number of benzene rings is 1. The maximum absolute atomic E-state index is 12.5. The van der Waals surface area contributed by atoms with Gasteiger partial charge in [0.1, 0.15) is 5.82 Å². The van der Waals surface area contributed by atoms with Gasteiger partial charge in [0.25, 0.3) is 5.56 Å². The van der Waals surface area contributed by atoms with Gasteiger partial charge in [0.2, 0.25) is 10.7 Å². The van der Waals surface area contributed by atoms with Gasteiger partial charge in [-0.25, -0.2) is 4.40 Å². The van der Waals surface area contributed by atoms with E-state index in [2.05, 4.69) is 9.36 Å². The molecule has 146 valence electrons. The number of nitrogen functional groups attached to an aromatic ring is 1. The van der Waals surface area contributed by atoms with Gasteiger partial charge in [-0.05, 0) is 29.4 Å². The molecular weight excluding hydrogens is 408 g/mol. The zero-order valence-corrected chi connectivity index (χ0v) is 17.0. The SMILES string of the molecule is COC1=C/C(=C/c2c(N)n3c(SCc4ccccc4)nsc3nc2=O)C=CC1=O. The van der Waals surface area contributed by atoms with E-state index in [1.165, 1.54) is 24.9 Å². The third-order valence-corrected chi connectivity index (χ3v) is 6.07. The molecule has 9 heteroatoms. The van der Waals surface area contributed by atoms with E-state index in [0.29, 0.717) is 21.4 Å². The number of nitrogens with two attached hydrogens (primary N) is 1. The molecule has 1 aliphatic rings. The van der Waals surface area contributed by atoms with Crippen LogP contribution in [0.4, 0.5) is 5.82 Å². The van der Waals surface area contributed by atoms with Crippen molar-refractivity contribution < 1.29 is 9.53 Å². The average molecular weight is 425 g/mol. The van der Waals surface area contributed by atoms with Crippen molar-refractivity contribution in [2.75, 3.05) is 12.8 Å². The Morgan fingerprint density at radius 2 is 2.03 bits per heavy atom. The highest BCUT2D eigenvalue weighted by Crippen LogP contribution is 2.28. The summed E-state index contributed by atoms with van der Waals surface area (Å²) < 4.78 is 11.2. The van der Waals surface area contributed by atoms with Gasteiger partial charge in [0.05, 0.1) is 12.7 Å². The fourth-order valence-corrected chi connectivity index (χ4v) is 4.60. The van der Waals surface area contributed by atoms with E-state index in [9.17, 15) is 9.59 Å². The highest BCUT2D eigenvalue weighted by molar-refractivity contribution is 7.98. The lowest BCUT2D eigenvalue weighted by Gasteiger charge is -2.09. The fourth-order valence-electron chi connectivity index (χ4n) is 2.79. The minimum absolute atomic E-state index is 0.197. The maximum atomic E-state index is 12.5. The van der Waals surface area contributed by atoms with Crippen LogP contribution in [0.2, 0.25) is 0 Å². The summed E-state index contributed by atoms with van der Waals surface area (Å²) >= 11 is 2.64. The van der Waals surface area contributed by atoms with Crippen LogP contribution in [0.1, 0.15) is 11.1 Å². The molecule has 0 saturated carbocycles. The zero-order chi connectivity index (χ0) is 20.4. The van der Waals surface area contributed by atoms with Gasteiger partial charge in [-0.15, -0.1) is 0 Å². The molecule has 0 amide bonds. The van der Waals surface area contributed by atoms with Crippen molar-refractivity contribution in [1.29, 1.82) is 0 Å². The highest BCUT2D eigenvalue weighted by Gasteiger charge is 2.17. The van der Waals surface area contributed by atoms with Crippen molar-refractivity contribution in [3.05, 3.63) is 81.4 Å². The van der Waals surface area contributed by atoms with Crippen LogP contribution in [0.25, 0.3) is 11.0 Å². The van der Waals surface area contributed by atoms with Crippen LogP contribution in [0, 0.1) is 0 Å². The first-order chi connectivity index (χ1) is 14.1. The third-order valence-electron chi connectivity index (χ3n) is 4.24. The van der Waals surface area contributed by atoms with Gasteiger partial charge in [0.15, 0.2) is 10.9 Å². The minimum atomic E-state index is -0.448. The number of anilines is 1. The van der Waals surface area contributed by atoms with Crippen LogP contribution in [0.3, 0.4) is 0 Å². The number of hydrogen-bond donors (Lipinski definition) is 1. The molecule has 3 aromatic rings. The molecule has 0 radical (unpaired) electrons. The van der Waals surface area contributed by atoms with Crippen molar-refractivity contribution in [2.24, 2.45) is 0 Å². The van der Waals surface area contributed by atoms with E-state index >= 15 is 0 Å². The van der Waals surface area contributed by atoms with Gasteiger partial charge >= 0.3 is 0 Å². The third kappa shape index (κ3) is 3.87. The number of carbonyl (C=O) groups excluding carboxylic acids is 1. The van der Waals surface area contributed by atoms with Crippen molar-refractivity contribution in [3.63, 3.8) is 0 Å². The predicted molar refractivity (Wildman–Crippen MR) is 115 cm³/mol. The summed E-state index contributed by atoms with van der Waals surface area (Å²) in [5, 5.41) is 0.668. The number of nitrogens with zero attached hydrogens (tertiary/aromatic N) is 3. The number of fused-ring (bicyclic) bond motifs is 1. The number of aromatic nitrogens is 3. The number of carbonyl (C=O) groups is 1. The Morgan fingerprint density at radius 1 is 1.24 bits per heavy atom. The fraction of sp³-hybridized carbons (Fsp3) is 0.100. The van der Waals surface area contributed by atoms with E-state index in [-0.39, 0.29) is 22.9 Å². The second-order valence-electron chi connectivity index (χ2n) is 6.13. The molecule has 0 spiro atoms. The average Bonchev–Trinajstić information content (AvgIpc) is 3.14. The van der Waals surface area contributed by atoms with E-state index in [1.54, 1.807) is 22.6 Å². The Bertz CT molecular complexity index is 1240. The molecule has 0 saturated heterocycles. The molecule has 1 aromatic carbocycles. The smallest absolute Gasteiger partial charge is 0.283 e. The molecule has 0 atom stereocenters. The number of allylic oxidation sites excluding steroid dienone is 4. The lowest BCUT2D eigenvalue weighted by molar-refractivity contribution is -0.114. The molecule has 0 aliphatic heterocycles. The van der Waals surface area contributed by atoms with E-state index < -0.39 is 5.56 Å². The van der Waals surface area contributed by atoms with Crippen LogP contribution >= 0.6 is 23.3 Å². The molecule has 0 bridgehead atoms. The lowest BCUT2D eigenvalue weighted by Crippen LogP contribution is -2.16. The molecule has 2 heterocycles. The van der Waals surface area contributed by atoms with Crippen LogP contribution < -0.4 is 11.3 Å². The Labute approximate surface area is 174 Å². The van der Waals surface area contributed by atoms with Gasteiger partial charge < -0.3 is 10.5 Å². The first-order valence-corrected chi connectivity index (χ1v) is 10.4. The van der Waals surface area contributed by atoms with Crippen LogP contribution in [0.5, 0.6) is 0 Å². The molecule has 2 aromatic heterocycles. The standard InChI is InChI=1S/C20H16N4O3S2/c1-27-16-10-13(7-8-15(16)25)9-14-17(21)24-19(22-18(14)26)29-23-20(24)28-11-12-5-3-2-4-6-12/h2-10H,11,21H2,1H3/b13-9+. The van der Waals surface area contributed by atoms with E-state index in [4.69, 9.17) is 10.5 Å². The zero-order valence-electron chi connectivity index (χ0n) is 15.4. The van der Waals surface area contributed by atoms with Crippen molar-refractivity contribution >= 4 is 45.9 Å². The van der Waals surface area contributed by atoms with Gasteiger partial charge in [-0.3, -0.25) is 9.59 Å². The van der Waals surface area contributed by atoms with Gasteiger partial charge in [0, 0.05) is 17.3 Å². The van der Waals surface area contributed by atoms with Gasteiger partial charge in [-0.1, -0.05) is 48.2 Å². The quantitative estimate of drug-likeness (QED) is 0.628. The normalized spacial score (nSPS) is 15.1. The Morgan fingerprint density at radius 3 is 2.79 bits per heavy atom. The Hall–Kier alpha value is -3.17. The molecule has 7 nitrogen and oxygen atoms in total. The first-order valence-electron chi connectivity index (χ1n) is 8.61. The molecule has 4 rings (SSSR count). The Kier molecular flexibility index (Phi) is 5.32. The minimum Gasteiger partial charge on any atom is -0.493 e. The summed E-state index contributed by atoms with van der Waals surface area (Å²) in [5.41, 5.74) is 7.90. The highest BCUT2D eigenvalue weighted by atomic mass is 32.2. The van der Waals surface area contributed by atoms with Crippen LogP contribution in [-0.4, -0.2) is 26.7 Å². The largest absolute Gasteiger partial charge is 0.493 e. The van der Waals surface area contributed by atoms with Crippen LogP contribution in [0.15, 0.2) is 69.8 Å². The summed E-state index contributed by atoms with van der Waals surface area (Å²) in [6.45, 7) is 0. The number of ketones is 1. The van der Waals surface area contributed by atoms with E-state index in [0.717, 1.165) is 17.1 Å². The summed E-state index contributed by atoms with van der Waals surface area (Å²) in [7, 11) is 1.42. The second-order valence-corrected chi connectivity index (χ2v) is 7.80. The summed E-state index contributed by atoms with van der Waals surface area (Å²) in [4.78, 5) is 28.8. The van der Waals surface area contributed by atoms with Crippen molar-refractivity contribution in [1.82, 2.24) is 13.8 Å². The monoisotopic (exact) mass is 424 g/mol. The van der Waals surface area contributed by atoms with E-state index in [1.807, 2.05) is 30.3 Å². The summed E-state index contributed by atoms with van der Waals surface area (Å²) in [5.74, 6) is 0.939. The number of ether oxygens (including phenoxy) is 1. The second kappa shape index (κ2) is 8.06. The number of thioether (sulfide) groups is 1. The summed E-state index contributed by atoms with van der Waals surface area (Å²) in [6.07, 6.45) is 6.16. The lowest BCUT2D eigenvalue weighted by atomic mass is 10.0. The Balaban J connectivity index is 1.73. The van der Waals surface area contributed by atoms with Crippen LogP contribution in [-0.2, 0) is 15.3 Å². The summed E-state index contributed by atoms with van der Waals surface area (Å²) in [6, 6.07) is 10.0. The van der Waals surface area contributed by atoms with Crippen molar-refractivity contribution in [3.8, 4) is 0 Å². The number of rotatable bonds is 5. The predicted octanol–water partition coefficient (Wildman–Crippen LogP) is 3.08. The maximum Gasteiger partial charge on any atom is 0.283 e. The number of methoxy groups -OCH3 is 1. The number of hydrogen-bond acceptors (Lipinski definition) is 8.